The van der Waals surface area contributed by atoms with Crippen LogP contribution in [0.15, 0.2) is 4.99 Å². The lowest BCUT2D eigenvalue weighted by Crippen LogP contribution is -2.46. The Kier molecular flexibility index (Phi) is 10.2. The number of likely N-dealkylation sites (tertiary alicyclic amines) is 1. The monoisotopic (exact) mass is 312 g/mol. The fourth-order valence-corrected chi connectivity index (χ4v) is 2.95. The molecule has 0 saturated carbocycles. The molecule has 1 fully saturated rings. The fraction of sp³-hybridized carbons (Fsp3) is 0.941. The van der Waals surface area contributed by atoms with Crippen LogP contribution in [0.4, 0.5) is 0 Å². The second kappa shape index (κ2) is 11.7. The minimum absolute atomic E-state index is 0.313. The molecule has 0 aromatic rings. The highest BCUT2D eigenvalue weighted by Crippen LogP contribution is 2.18. The average molecular weight is 313 g/mol. The SMILES string of the molecule is CCC1CCCCN1CCNC(=NC)NCCCOC(C)C. The zero-order chi connectivity index (χ0) is 16.2. The van der Waals surface area contributed by atoms with E-state index in [0.29, 0.717) is 6.10 Å². The second-order valence-corrected chi connectivity index (χ2v) is 6.29. The maximum Gasteiger partial charge on any atom is 0.191 e. The lowest BCUT2D eigenvalue weighted by molar-refractivity contribution is 0.0776. The third kappa shape index (κ3) is 7.99. The summed E-state index contributed by atoms with van der Waals surface area (Å²) in [7, 11) is 1.83. The Bertz CT molecular complexity index is 307. The molecule has 5 heteroatoms. The normalized spacial score (nSPS) is 20.4. The topological polar surface area (TPSA) is 48.9 Å². The van der Waals surface area contributed by atoms with Crippen LogP contribution in [0.2, 0.25) is 0 Å². The number of hydrogen-bond donors (Lipinski definition) is 2. The Morgan fingerprint density at radius 3 is 2.73 bits per heavy atom. The van der Waals surface area contributed by atoms with Gasteiger partial charge in [0.1, 0.15) is 0 Å². The van der Waals surface area contributed by atoms with E-state index in [4.69, 9.17) is 4.74 Å². The summed E-state index contributed by atoms with van der Waals surface area (Å²) in [6.07, 6.45) is 6.68. The van der Waals surface area contributed by atoms with Crippen molar-refractivity contribution in [1.82, 2.24) is 15.5 Å². The number of nitrogens with one attached hydrogen (secondary N) is 2. The molecule has 1 saturated heterocycles. The zero-order valence-electron chi connectivity index (χ0n) is 15.0. The van der Waals surface area contributed by atoms with Gasteiger partial charge in [0.15, 0.2) is 5.96 Å². The first kappa shape index (κ1) is 19.2. The minimum Gasteiger partial charge on any atom is -0.379 e. The first-order valence-electron chi connectivity index (χ1n) is 8.97. The van der Waals surface area contributed by atoms with Crippen LogP contribution >= 0.6 is 0 Å². The van der Waals surface area contributed by atoms with E-state index in [0.717, 1.165) is 44.7 Å². The summed E-state index contributed by atoms with van der Waals surface area (Å²) in [6, 6.07) is 0.777. The van der Waals surface area contributed by atoms with Crippen molar-refractivity contribution in [3.05, 3.63) is 0 Å². The third-order valence-corrected chi connectivity index (χ3v) is 4.20. The summed E-state index contributed by atoms with van der Waals surface area (Å²) in [6.45, 7) is 11.4. The number of guanidine groups is 1. The summed E-state index contributed by atoms with van der Waals surface area (Å²) in [4.78, 5) is 6.90. The quantitative estimate of drug-likeness (QED) is 0.389. The zero-order valence-corrected chi connectivity index (χ0v) is 15.0. The second-order valence-electron chi connectivity index (χ2n) is 6.29. The first-order chi connectivity index (χ1) is 10.7. The van der Waals surface area contributed by atoms with E-state index in [1.807, 2.05) is 7.05 Å². The van der Waals surface area contributed by atoms with Gasteiger partial charge in [-0.05, 0) is 46.1 Å². The smallest absolute Gasteiger partial charge is 0.191 e. The molecule has 1 aliphatic heterocycles. The largest absolute Gasteiger partial charge is 0.379 e. The van der Waals surface area contributed by atoms with Crippen molar-refractivity contribution in [2.24, 2.45) is 4.99 Å². The van der Waals surface area contributed by atoms with Gasteiger partial charge < -0.3 is 15.4 Å². The van der Waals surface area contributed by atoms with Crippen LogP contribution in [-0.4, -0.2) is 62.8 Å². The van der Waals surface area contributed by atoms with E-state index < -0.39 is 0 Å². The minimum atomic E-state index is 0.313. The Hall–Kier alpha value is -0.810. The molecule has 0 bridgehead atoms. The van der Waals surface area contributed by atoms with Crippen molar-refractivity contribution in [2.75, 3.05) is 39.8 Å². The molecule has 0 aromatic heterocycles. The van der Waals surface area contributed by atoms with Gasteiger partial charge in [-0.1, -0.05) is 13.3 Å². The van der Waals surface area contributed by atoms with Gasteiger partial charge >= 0.3 is 0 Å². The van der Waals surface area contributed by atoms with Crippen molar-refractivity contribution in [1.29, 1.82) is 0 Å². The molecule has 2 N–H and O–H groups in total. The average Bonchev–Trinajstić information content (AvgIpc) is 2.53. The van der Waals surface area contributed by atoms with E-state index in [2.05, 4.69) is 41.3 Å². The van der Waals surface area contributed by atoms with E-state index in [1.54, 1.807) is 0 Å². The van der Waals surface area contributed by atoms with Gasteiger partial charge in [-0.2, -0.15) is 0 Å². The maximum absolute atomic E-state index is 5.53. The van der Waals surface area contributed by atoms with Gasteiger partial charge in [0.2, 0.25) is 0 Å². The lowest BCUT2D eigenvalue weighted by Gasteiger charge is -2.35. The van der Waals surface area contributed by atoms with Gasteiger partial charge in [0, 0.05) is 39.3 Å². The molecule has 5 nitrogen and oxygen atoms in total. The summed E-state index contributed by atoms with van der Waals surface area (Å²) in [5, 5.41) is 6.76. The molecule has 1 unspecified atom stereocenters. The number of piperidine rings is 1. The van der Waals surface area contributed by atoms with Crippen molar-refractivity contribution >= 4 is 5.96 Å². The molecule has 1 aliphatic rings. The standard InChI is InChI=1S/C17H36N4O/c1-5-16-9-6-7-12-21(16)13-11-20-17(18-4)19-10-8-14-22-15(2)3/h15-16H,5-14H2,1-4H3,(H2,18,19,20). The number of hydrogen-bond acceptors (Lipinski definition) is 3. The number of nitrogens with zero attached hydrogens (tertiary/aromatic N) is 2. The van der Waals surface area contributed by atoms with Crippen LogP contribution in [0.1, 0.15) is 52.9 Å². The molecule has 130 valence electrons. The van der Waals surface area contributed by atoms with E-state index >= 15 is 0 Å². The summed E-state index contributed by atoms with van der Waals surface area (Å²) < 4.78 is 5.53. The number of rotatable bonds is 9. The van der Waals surface area contributed by atoms with Gasteiger partial charge in [-0.3, -0.25) is 9.89 Å². The highest BCUT2D eigenvalue weighted by atomic mass is 16.5. The first-order valence-corrected chi connectivity index (χ1v) is 8.97. The van der Waals surface area contributed by atoms with E-state index in [1.165, 1.54) is 32.2 Å². The maximum atomic E-state index is 5.53. The summed E-state index contributed by atoms with van der Waals surface area (Å²) in [5.74, 6) is 0.898. The Morgan fingerprint density at radius 2 is 2.05 bits per heavy atom. The molecule has 22 heavy (non-hydrogen) atoms. The Labute approximate surface area is 136 Å². The van der Waals surface area contributed by atoms with Crippen LogP contribution in [0, 0.1) is 0 Å². The molecule has 0 amide bonds. The van der Waals surface area contributed by atoms with Crippen LogP contribution in [0.25, 0.3) is 0 Å². The molecule has 0 aromatic carbocycles. The Balaban J connectivity index is 2.13. The summed E-state index contributed by atoms with van der Waals surface area (Å²) >= 11 is 0. The van der Waals surface area contributed by atoms with Crippen LogP contribution in [0.5, 0.6) is 0 Å². The van der Waals surface area contributed by atoms with Crippen molar-refractivity contribution in [3.63, 3.8) is 0 Å². The third-order valence-electron chi connectivity index (χ3n) is 4.20. The molecule has 0 aliphatic carbocycles. The predicted molar refractivity (Wildman–Crippen MR) is 94.6 cm³/mol. The van der Waals surface area contributed by atoms with Gasteiger partial charge in [-0.15, -0.1) is 0 Å². The summed E-state index contributed by atoms with van der Waals surface area (Å²) in [5.41, 5.74) is 0. The van der Waals surface area contributed by atoms with Crippen LogP contribution in [0.3, 0.4) is 0 Å². The van der Waals surface area contributed by atoms with Crippen molar-refractivity contribution in [3.8, 4) is 0 Å². The molecule has 0 spiro atoms. The van der Waals surface area contributed by atoms with Gasteiger partial charge in [0.25, 0.3) is 0 Å². The van der Waals surface area contributed by atoms with Gasteiger partial charge in [0.05, 0.1) is 6.10 Å². The van der Waals surface area contributed by atoms with E-state index in [-0.39, 0.29) is 0 Å². The Morgan fingerprint density at radius 1 is 1.27 bits per heavy atom. The molecule has 1 atom stereocenters. The molecular weight excluding hydrogens is 276 g/mol. The highest BCUT2D eigenvalue weighted by molar-refractivity contribution is 5.79. The highest BCUT2D eigenvalue weighted by Gasteiger charge is 2.19. The van der Waals surface area contributed by atoms with Gasteiger partial charge in [-0.25, -0.2) is 0 Å². The molecular formula is C17H36N4O. The van der Waals surface area contributed by atoms with Crippen molar-refractivity contribution < 1.29 is 4.74 Å². The lowest BCUT2D eigenvalue weighted by atomic mass is 10.0. The predicted octanol–water partition coefficient (Wildman–Crippen LogP) is 2.23. The van der Waals surface area contributed by atoms with Crippen molar-refractivity contribution in [2.45, 2.75) is 65.0 Å². The number of ether oxygens (including phenoxy) is 1. The number of aliphatic imine (C=N–C) groups is 1. The van der Waals surface area contributed by atoms with E-state index in [9.17, 15) is 0 Å². The molecule has 1 heterocycles. The molecule has 1 rings (SSSR count). The van der Waals surface area contributed by atoms with Crippen LogP contribution in [-0.2, 0) is 4.74 Å². The fourth-order valence-electron chi connectivity index (χ4n) is 2.95. The van der Waals surface area contributed by atoms with Crippen LogP contribution < -0.4 is 10.6 Å². The molecule has 0 radical (unpaired) electrons.